The predicted octanol–water partition coefficient (Wildman–Crippen LogP) is 3.45. The lowest BCUT2D eigenvalue weighted by Gasteiger charge is -2.25. The van der Waals surface area contributed by atoms with Crippen LogP contribution in [-0.4, -0.2) is 38.3 Å². The minimum absolute atomic E-state index is 0. The maximum Gasteiger partial charge on any atom is 0.191 e. The molecule has 0 spiro atoms. The number of aliphatic imine (C=N–C) groups is 1. The molecular weight excluding hydrogens is 401 g/mol. The number of hydrogen-bond donors (Lipinski definition) is 2. The lowest BCUT2D eigenvalue weighted by Crippen LogP contribution is -2.46. The molecular formula is C18H30IN3O. The van der Waals surface area contributed by atoms with E-state index in [0.29, 0.717) is 5.92 Å². The van der Waals surface area contributed by atoms with Gasteiger partial charge in [-0.3, -0.25) is 4.99 Å². The third-order valence-electron chi connectivity index (χ3n) is 4.38. The van der Waals surface area contributed by atoms with Crippen molar-refractivity contribution in [3.8, 4) is 0 Å². The molecule has 0 aromatic heterocycles. The van der Waals surface area contributed by atoms with Crippen molar-refractivity contribution in [2.24, 2.45) is 4.99 Å². The summed E-state index contributed by atoms with van der Waals surface area (Å²) in [7, 11) is 1.81. The summed E-state index contributed by atoms with van der Waals surface area (Å²) >= 11 is 0. The second kappa shape index (κ2) is 9.47. The average Bonchev–Trinajstić information content (AvgIpc) is 2.95. The van der Waals surface area contributed by atoms with Crippen molar-refractivity contribution in [3.05, 3.63) is 35.4 Å². The lowest BCUT2D eigenvalue weighted by molar-refractivity contribution is 0.0243. The van der Waals surface area contributed by atoms with Gasteiger partial charge in [-0.25, -0.2) is 0 Å². The standard InChI is InChI=1S/C18H29N3O.HI/c1-14-6-8-16(9-7-14)15(2)12-20-17(19-4)21-13-18(3)10-5-11-22-18;/h6-9,15H,5,10-13H2,1-4H3,(H2,19,20,21);1H. The molecule has 1 aromatic rings. The van der Waals surface area contributed by atoms with Crippen LogP contribution in [0.1, 0.15) is 43.7 Å². The van der Waals surface area contributed by atoms with Gasteiger partial charge in [-0.2, -0.15) is 0 Å². The summed E-state index contributed by atoms with van der Waals surface area (Å²) in [5, 5.41) is 6.79. The Labute approximate surface area is 157 Å². The zero-order valence-corrected chi connectivity index (χ0v) is 17.0. The van der Waals surface area contributed by atoms with Gasteiger partial charge < -0.3 is 15.4 Å². The molecule has 2 N–H and O–H groups in total. The lowest BCUT2D eigenvalue weighted by atomic mass is 10.0. The molecule has 1 aliphatic heterocycles. The Morgan fingerprint density at radius 2 is 2.00 bits per heavy atom. The highest BCUT2D eigenvalue weighted by Crippen LogP contribution is 2.23. The molecule has 4 nitrogen and oxygen atoms in total. The Balaban J connectivity index is 0.00000264. The van der Waals surface area contributed by atoms with Gasteiger partial charge in [0.1, 0.15) is 0 Å². The summed E-state index contributed by atoms with van der Waals surface area (Å²) in [6.07, 6.45) is 2.26. The van der Waals surface area contributed by atoms with Crippen LogP contribution in [-0.2, 0) is 4.74 Å². The predicted molar refractivity (Wildman–Crippen MR) is 108 cm³/mol. The molecule has 2 unspecified atom stereocenters. The molecule has 1 heterocycles. The summed E-state index contributed by atoms with van der Waals surface area (Å²) in [6.45, 7) is 9.03. The van der Waals surface area contributed by atoms with Crippen molar-refractivity contribution >= 4 is 29.9 Å². The van der Waals surface area contributed by atoms with E-state index in [1.165, 1.54) is 11.1 Å². The van der Waals surface area contributed by atoms with Crippen molar-refractivity contribution in [1.82, 2.24) is 10.6 Å². The second-order valence-electron chi connectivity index (χ2n) is 6.52. The normalized spacial score (nSPS) is 22.3. The SMILES string of the molecule is CN=C(NCC(C)c1ccc(C)cc1)NCC1(C)CCCO1.I. The van der Waals surface area contributed by atoms with Gasteiger partial charge in [-0.05, 0) is 38.2 Å². The summed E-state index contributed by atoms with van der Waals surface area (Å²) in [5.74, 6) is 1.29. The first-order valence-corrected chi connectivity index (χ1v) is 8.17. The largest absolute Gasteiger partial charge is 0.373 e. The van der Waals surface area contributed by atoms with Crippen molar-refractivity contribution in [2.75, 3.05) is 26.7 Å². The van der Waals surface area contributed by atoms with E-state index in [2.05, 4.69) is 60.7 Å². The Kier molecular flexibility index (Phi) is 8.33. The van der Waals surface area contributed by atoms with Crippen LogP contribution in [0.5, 0.6) is 0 Å². The number of rotatable bonds is 5. The number of ether oxygens (including phenoxy) is 1. The van der Waals surface area contributed by atoms with Crippen molar-refractivity contribution in [1.29, 1.82) is 0 Å². The highest BCUT2D eigenvalue weighted by Gasteiger charge is 2.29. The van der Waals surface area contributed by atoms with E-state index in [9.17, 15) is 0 Å². The third-order valence-corrected chi connectivity index (χ3v) is 4.38. The van der Waals surface area contributed by atoms with Crippen LogP contribution < -0.4 is 10.6 Å². The summed E-state index contributed by atoms with van der Waals surface area (Å²) in [5.41, 5.74) is 2.59. The van der Waals surface area contributed by atoms with Crippen molar-refractivity contribution < 1.29 is 4.74 Å². The maximum atomic E-state index is 5.80. The Morgan fingerprint density at radius 1 is 1.30 bits per heavy atom. The number of nitrogens with one attached hydrogen (secondary N) is 2. The number of halogens is 1. The van der Waals surface area contributed by atoms with Crippen LogP contribution in [0.25, 0.3) is 0 Å². The fourth-order valence-corrected chi connectivity index (χ4v) is 2.73. The number of aryl methyl sites for hydroxylation is 1. The molecule has 2 atom stereocenters. The van der Waals surface area contributed by atoms with Crippen LogP contribution in [0, 0.1) is 6.92 Å². The second-order valence-corrected chi connectivity index (χ2v) is 6.52. The van der Waals surface area contributed by atoms with Crippen LogP contribution in [0.3, 0.4) is 0 Å². The van der Waals surface area contributed by atoms with E-state index in [1.54, 1.807) is 0 Å². The number of guanidine groups is 1. The van der Waals surface area contributed by atoms with Crippen LogP contribution in [0.2, 0.25) is 0 Å². The van der Waals surface area contributed by atoms with Gasteiger partial charge in [-0.15, -0.1) is 24.0 Å². The monoisotopic (exact) mass is 431 g/mol. The zero-order valence-electron chi connectivity index (χ0n) is 14.7. The van der Waals surface area contributed by atoms with E-state index in [1.807, 2.05) is 7.05 Å². The molecule has 0 saturated carbocycles. The molecule has 1 saturated heterocycles. The van der Waals surface area contributed by atoms with E-state index in [-0.39, 0.29) is 29.6 Å². The highest BCUT2D eigenvalue weighted by atomic mass is 127. The van der Waals surface area contributed by atoms with Crippen LogP contribution in [0.15, 0.2) is 29.3 Å². The smallest absolute Gasteiger partial charge is 0.191 e. The van der Waals surface area contributed by atoms with Crippen molar-refractivity contribution in [2.45, 2.75) is 45.1 Å². The quantitative estimate of drug-likeness (QED) is 0.427. The average molecular weight is 431 g/mol. The molecule has 1 fully saturated rings. The molecule has 1 aliphatic rings. The molecule has 1 aromatic carbocycles. The Hall–Kier alpha value is -0.820. The topological polar surface area (TPSA) is 45.7 Å². The molecule has 0 amide bonds. The van der Waals surface area contributed by atoms with Gasteiger partial charge in [0.05, 0.1) is 5.60 Å². The number of benzene rings is 1. The molecule has 23 heavy (non-hydrogen) atoms. The maximum absolute atomic E-state index is 5.80. The summed E-state index contributed by atoms with van der Waals surface area (Å²) in [6, 6.07) is 8.73. The van der Waals surface area contributed by atoms with E-state index >= 15 is 0 Å². The van der Waals surface area contributed by atoms with Gasteiger partial charge in [0, 0.05) is 26.7 Å². The fraction of sp³-hybridized carbons (Fsp3) is 0.611. The molecule has 0 aliphatic carbocycles. The zero-order chi connectivity index (χ0) is 16.0. The van der Waals surface area contributed by atoms with E-state index in [4.69, 9.17) is 4.74 Å². The van der Waals surface area contributed by atoms with Gasteiger partial charge in [0.2, 0.25) is 0 Å². The fourth-order valence-electron chi connectivity index (χ4n) is 2.73. The molecule has 130 valence electrons. The first kappa shape index (κ1) is 20.2. The van der Waals surface area contributed by atoms with Crippen molar-refractivity contribution in [3.63, 3.8) is 0 Å². The van der Waals surface area contributed by atoms with Gasteiger partial charge in [0.25, 0.3) is 0 Å². The number of hydrogen-bond acceptors (Lipinski definition) is 2. The van der Waals surface area contributed by atoms with Gasteiger partial charge in [-0.1, -0.05) is 36.8 Å². The summed E-state index contributed by atoms with van der Waals surface area (Å²) < 4.78 is 5.80. The molecule has 0 radical (unpaired) electrons. The first-order valence-electron chi connectivity index (χ1n) is 8.17. The summed E-state index contributed by atoms with van der Waals surface area (Å²) in [4.78, 5) is 4.30. The van der Waals surface area contributed by atoms with E-state index in [0.717, 1.165) is 38.5 Å². The van der Waals surface area contributed by atoms with Crippen LogP contribution in [0.4, 0.5) is 0 Å². The first-order chi connectivity index (χ1) is 10.5. The Morgan fingerprint density at radius 3 is 2.57 bits per heavy atom. The number of nitrogens with zero attached hydrogens (tertiary/aromatic N) is 1. The van der Waals surface area contributed by atoms with E-state index < -0.39 is 0 Å². The third kappa shape index (κ3) is 6.30. The molecule has 0 bridgehead atoms. The van der Waals surface area contributed by atoms with Gasteiger partial charge in [0.15, 0.2) is 5.96 Å². The Bertz CT molecular complexity index is 495. The highest BCUT2D eigenvalue weighted by molar-refractivity contribution is 14.0. The molecule has 2 rings (SSSR count). The molecule has 5 heteroatoms. The van der Waals surface area contributed by atoms with Gasteiger partial charge >= 0.3 is 0 Å². The minimum Gasteiger partial charge on any atom is -0.373 e. The van der Waals surface area contributed by atoms with Crippen LogP contribution >= 0.6 is 24.0 Å². The minimum atomic E-state index is -0.0554.